The molecule has 0 bridgehead atoms. The third-order valence-corrected chi connectivity index (χ3v) is 3.96. The van der Waals surface area contributed by atoms with Gasteiger partial charge in [-0.3, -0.25) is 19.3 Å². The van der Waals surface area contributed by atoms with Crippen molar-refractivity contribution in [2.75, 3.05) is 13.2 Å². The number of hydrogen-bond acceptors (Lipinski definition) is 4. The minimum atomic E-state index is -1.24. The van der Waals surface area contributed by atoms with Gasteiger partial charge in [0, 0.05) is 11.1 Å². The minimum Gasteiger partial charge on any atom is -0.494 e. The van der Waals surface area contributed by atoms with Gasteiger partial charge in [0.2, 0.25) is 0 Å². The van der Waals surface area contributed by atoms with E-state index in [1.54, 1.807) is 54.6 Å². The first kappa shape index (κ1) is 17.4. The van der Waals surface area contributed by atoms with Crippen LogP contribution in [-0.2, 0) is 9.59 Å². The fraction of sp³-hybridized carbons (Fsp3) is 0.150. The molecular weight excluding hydrogens is 334 g/mol. The summed E-state index contributed by atoms with van der Waals surface area (Å²) in [6.07, 6.45) is 1.65. The number of fused-ring (bicyclic) bond motifs is 1. The lowest BCUT2D eigenvalue weighted by molar-refractivity contribution is -0.141. The van der Waals surface area contributed by atoms with Crippen LogP contribution in [0, 0.1) is 0 Å². The zero-order valence-electron chi connectivity index (χ0n) is 14.1. The number of aliphatic carboxylic acids is 1. The average Bonchev–Trinajstić information content (AvgIpc) is 2.64. The summed E-state index contributed by atoms with van der Waals surface area (Å²) in [6.45, 7) is 1.77. The molecule has 0 unspecified atom stereocenters. The van der Waals surface area contributed by atoms with E-state index >= 15 is 0 Å². The molecule has 1 heterocycles. The molecule has 0 fully saturated rings. The molecule has 2 aromatic rings. The van der Waals surface area contributed by atoms with Gasteiger partial charge in [-0.05, 0) is 42.3 Å². The quantitative estimate of drug-likeness (QED) is 0.661. The zero-order valence-corrected chi connectivity index (χ0v) is 14.1. The van der Waals surface area contributed by atoms with E-state index in [1.807, 2.05) is 6.92 Å². The van der Waals surface area contributed by atoms with Gasteiger partial charge >= 0.3 is 5.97 Å². The van der Waals surface area contributed by atoms with Gasteiger partial charge in [0.25, 0.3) is 11.8 Å². The Morgan fingerprint density at radius 2 is 1.69 bits per heavy atom. The maximum atomic E-state index is 12.8. The van der Waals surface area contributed by atoms with E-state index in [0.717, 1.165) is 10.5 Å². The van der Waals surface area contributed by atoms with E-state index in [1.165, 1.54) is 0 Å². The number of carboxylic acids is 1. The summed E-state index contributed by atoms with van der Waals surface area (Å²) in [6, 6.07) is 13.9. The predicted molar refractivity (Wildman–Crippen MR) is 95.6 cm³/mol. The van der Waals surface area contributed by atoms with E-state index in [9.17, 15) is 14.4 Å². The number of nitrogens with zero attached hydrogens (tertiary/aromatic N) is 1. The van der Waals surface area contributed by atoms with Crippen molar-refractivity contribution in [2.45, 2.75) is 6.92 Å². The summed E-state index contributed by atoms with van der Waals surface area (Å²) < 4.78 is 5.40. The van der Waals surface area contributed by atoms with Crippen molar-refractivity contribution in [1.82, 2.24) is 4.90 Å². The summed E-state index contributed by atoms with van der Waals surface area (Å²) in [4.78, 5) is 37.0. The summed E-state index contributed by atoms with van der Waals surface area (Å²) in [5, 5.41) is 9.03. The van der Waals surface area contributed by atoms with E-state index in [0.29, 0.717) is 23.5 Å². The summed E-state index contributed by atoms with van der Waals surface area (Å²) in [7, 11) is 0. The summed E-state index contributed by atoms with van der Waals surface area (Å²) in [5.74, 6) is -1.75. The fourth-order valence-corrected chi connectivity index (χ4v) is 2.81. The van der Waals surface area contributed by atoms with Crippen molar-refractivity contribution >= 4 is 29.4 Å². The standard InChI is InChI=1S/C20H17NO5/c1-2-26-14-9-7-13(8-10-14)11-17-15-5-3-4-6-16(15)19(24)21(20(17)25)12-18(22)23/h3-11H,2,12H2,1H3,(H,22,23)/b17-11-. The Morgan fingerprint density at radius 3 is 2.31 bits per heavy atom. The molecule has 0 atom stereocenters. The first-order valence-electron chi connectivity index (χ1n) is 8.13. The van der Waals surface area contributed by atoms with Crippen molar-refractivity contribution in [3.8, 4) is 5.75 Å². The molecule has 132 valence electrons. The number of carbonyl (C=O) groups excluding carboxylic acids is 2. The van der Waals surface area contributed by atoms with Crippen molar-refractivity contribution in [3.63, 3.8) is 0 Å². The second kappa shape index (κ2) is 7.23. The van der Waals surface area contributed by atoms with Crippen molar-refractivity contribution in [3.05, 3.63) is 65.2 Å². The Kier molecular flexibility index (Phi) is 4.84. The molecule has 6 heteroatoms. The number of imide groups is 1. The topological polar surface area (TPSA) is 83.9 Å². The van der Waals surface area contributed by atoms with Crippen LogP contribution in [0.15, 0.2) is 48.5 Å². The lowest BCUT2D eigenvalue weighted by Gasteiger charge is -2.27. The van der Waals surface area contributed by atoms with Crippen molar-refractivity contribution in [1.29, 1.82) is 0 Å². The Morgan fingerprint density at radius 1 is 1.04 bits per heavy atom. The molecular formula is C20H17NO5. The number of carboxylic acid groups (broad SMARTS) is 1. The molecule has 1 N–H and O–H groups in total. The molecule has 1 aliphatic rings. The molecule has 0 radical (unpaired) electrons. The maximum Gasteiger partial charge on any atom is 0.323 e. The van der Waals surface area contributed by atoms with Crippen LogP contribution >= 0.6 is 0 Å². The van der Waals surface area contributed by atoms with E-state index in [-0.39, 0.29) is 5.57 Å². The van der Waals surface area contributed by atoms with Crippen LogP contribution in [0.25, 0.3) is 11.6 Å². The van der Waals surface area contributed by atoms with E-state index in [2.05, 4.69) is 0 Å². The van der Waals surface area contributed by atoms with Crippen LogP contribution in [-0.4, -0.2) is 40.9 Å². The molecule has 6 nitrogen and oxygen atoms in total. The monoisotopic (exact) mass is 351 g/mol. The normalized spacial score (nSPS) is 15.1. The molecule has 2 amide bonds. The van der Waals surface area contributed by atoms with Crippen LogP contribution in [0.3, 0.4) is 0 Å². The van der Waals surface area contributed by atoms with Crippen LogP contribution in [0.4, 0.5) is 0 Å². The molecule has 26 heavy (non-hydrogen) atoms. The lowest BCUT2D eigenvalue weighted by atomic mass is 9.92. The number of hydrogen-bond donors (Lipinski definition) is 1. The van der Waals surface area contributed by atoms with Gasteiger partial charge < -0.3 is 9.84 Å². The van der Waals surface area contributed by atoms with Crippen LogP contribution in [0.2, 0.25) is 0 Å². The smallest absolute Gasteiger partial charge is 0.323 e. The second-order valence-corrected chi connectivity index (χ2v) is 5.70. The second-order valence-electron chi connectivity index (χ2n) is 5.70. The van der Waals surface area contributed by atoms with Gasteiger partial charge in [-0.25, -0.2) is 0 Å². The summed E-state index contributed by atoms with van der Waals surface area (Å²) >= 11 is 0. The van der Waals surface area contributed by atoms with E-state index in [4.69, 9.17) is 9.84 Å². The molecule has 0 aliphatic carbocycles. The van der Waals surface area contributed by atoms with Gasteiger partial charge in [0.15, 0.2) is 0 Å². The Labute approximate surface area is 150 Å². The Bertz CT molecular complexity index is 899. The Hall–Kier alpha value is -3.41. The summed E-state index contributed by atoms with van der Waals surface area (Å²) in [5.41, 5.74) is 1.84. The number of amides is 2. The molecule has 1 aliphatic heterocycles. The maximum absolute atomic E-state index is 12.8. The molecule has 0 spiro atoms. The SMILES string of the molecule is CCOc1ccc(/C=C2\C(=O)N(CC(=O)O)C(=O)c3ccccc32)cc1. The fourth-order valence-electron chi connectivity index (χ4n) is 2.81. The minimum absolute atomic E-state index is 0.283. The van der Waals surface area contributed by atoms with Crippen molar-refractivity contribution < 1.29 is 24.2 Å². The molecule has 0 saturated carbocycles. The van der Waals surface area contributed by atoms with Crippen LogP contribution in [0.1, 0.15) is 28.4 Å². The highest BCUT2D eigenvalue weighted by molar-refractivity contribution is 6.34. The van der Waals surface area contributed by atoms with Gasteiger partial charge in [-0.1, -0.05) is 30.3 Å². The largest absolute Gasteiger partial charge is 0.494 e. The number of benzene rings is 2. The van der Waals surface area contributed by atoms with Gasteiger partial charge in [0.05, 0.1) is 6.61 Å². The number of carbonyl (C=O) groups is 3. The van der Waals surface area contributed by atoms with Crippen LogP contribution in [0.5, 0.6) is 5.75 Å². The van der Waals surface area contributed by atoms with Crippen LogP contribution < -0.4 is 4.74 Å². The highest BCUT2D eigenvalue weighted by Gasteiger charge is 2.35. The van der Waals surface area contributed by atoms with Gasteiger partial charge in [-0.2, -0.15) is 0 Å². The lowest BCUT2D eigenvalue weighted by Crippen LogP contribution is -2.44. The third-order valence-electron chi connectivity index (χ3n) is 3.96. The first-order valence-corrected chi connectivity index (χ1v) is 8.13. The zero-order chi connectivity index (χ0) is 18.7. The third kappa shape index (κ3) is 3.35. The van der Waals surface area contributed by atoms with Gasteiger partial charge in [-0.15, -0.1) is 0 Å². The molecule has 0 saturated heterocycles. The molecule has 3 rings (SSSR count). The van der Waals surface area contributed by atoms with E-state index < -0.39 is 24.3 Å². The number of rotatable bonds is 5. The molecule has 2 aromatic carbocycles. The first-order chi connectivity index (χ1) is 12.5. The molecule has 0 aromatic heterocycles. The average molecular weight is 351 g/mol. The highest BCUT2D eigenvalue weighted by atomic mass is 16.5. The Balaban J connectivity index is 2.06. The predicted octanol–water partition coefficient (Wildman–Crippen LogP) is 2.69. The van der Waals surface area contributed by atoms with Crippen molar-refractivity contribution in [2.24, 2.45) is 0 Å². The highest BCUT2D eigenvalue weighted by Crippen LogP contribution is 2.30. The number of ether oxygens (including phenoxy) is 1. The van der Waals surface area contributed by atoms with Gasteiger partial charge in [0.1, 0.15) is 12.3 Å².